The number of hydrogen-bond acceptors (Lipinski definition) is 4. The fourth-order valence-electron chi connectivity index (χ4n) is 1.87. The molecule has 2 aromatic rings. The van der Waals surface area contributed by atoms with Crippen LogP contribution in [0.1, 0.15) is 31.3 Å². The van der Waals surface area contributed by atoms with Crippen LogP contribution in [0.25, 0.3) is 0 Å². The van der Waals surface area contributed by atoms with Crippen molar-refractivity contribution < 1.29 is 9.47 Å². The number of benzene rings is 1. The van der Waals surface area contributed by atoms with Gasteiger partial charge in [0.15, 0.2) is 17.3 Å². The molecular weight excluding hydrogens is 322 g/mol. The molecule has 0 aliphatic carbocycles. The summed E-state index contributed by atoms with van der Waals surface area (Å²) in [6.45, 7) is 4.48. The molecule has 1 aromatic carbocycles. The molecule has 0 amide bonds. The summed E-state index contributed by atoms with van der Waals surface area (Å²) in [5.74, 6) is 2.22. The molecule has 20 heavy (non-hydrogen) atoms. The molecule has 5 nitrogen and oxygen atoms in total. The summed E-state index contributed by atoms with van der Waals surface area (Å²) >= 11 is 3.44. The lowest BCUT2D eigenvalue weighted by atomic mass is 10.2. The Hall–Kier alpha value is -1.56. The number of nitrogens with zero attached hydrogens (tertiary/aromatic N) is 3. The third-order valence-electron chi connectivity index (χ3n) is 2.88. The minimum atomic E-state index is 0.256. The van der Waals surface area contributed by atoms with Crippen LogP contribution in [0.5, 0.6) is 11.5 Å². The van der Waals surface area contributed by atoms with Crippen LogP contribution in [-0.2, 0) is 11.9 Å². The summed E-state index contributed by atoms with van der Waals surface area (Å²) < 4.78 is 13.0. The molecule has 0 bridgehead atoms. The summed E-state index contributed by atoms with van der Waals surface area (Å²) in [6.07, 6.45) is 1.55. The number of halogens is 1. The van der Waals surface area contributed by atoms with Gasteiger partial charge in [0.25, 0.3) is 0 Å². The van der Waals surface area contributed by atoms with E-state index in [1.165, 1.54) is 0 Å². The molecule has 1 heterocycles. The Morgan fingerprint density at radius 1 is 1.30 bits per heavy atom. The molecule has 0 N–H and O–H groups in total. The fourth-order valence-corrected chi connectivity index (χ4v) is 2.22. The van der Waals surface area contributed by atoms with Crippen molar-refractivity contribution in [2.24, 2.45) is 0 Å². The highest BCUT2D eigenvalue weighted by atomic mass is 79.9. The monoisotopic (exact) mass is 339 g/mol. The molecule has 6 heteroatoms. The third-order valence-corrected chi connectivity index (χ3v) is 3.52. The van der Waals surface area contributed by atoms with Gasteiger partial charge >= 0.3 is 0 Å². The number of methoxy groups -OCH3 is 1. The Kier molecular flexibility index (Phi) is 5.00. The molecule has 0 atom stereocenters. The Bertz CT molecular complexity index is 569. The number of aromatic nitrogens is 3. The second-order valence-corrected chi connectivity index (χ2v) is 5.18. The van der Waals surface area contributed by atoms with Gasteiger partial charge < -0.3 is 9.47 Å². The van der Waals surface area contributed by atoms with Crippen molar-refractivity contribution in [2.45, 2.75) is 31.8 Å². The highest BCUT2D eigenvalue weighted by Crippen LogP contribution is 2.29. The zero-order valence-electron chi connectivity index (χ0n) is 11.8. The van der Waals surface area contributed by atoms with Crippen molar-refractivity contribution in [3.63, 3.8) is 0 Å². The smallest absolute Gasteiger partial charge is 0.165 e. The fraction of sp³-hybridized carbons (Fsp3) is 0.429. The molecular formula is C14H18BrN3O2. The molecule has 0 spiro atoms. The Balaban J connectivity index is 2.15. The second-order valence-electron chi connectivity index (χ2n) is 4.62. The minimum absolute atomic E-state index is 0.256. The maximum atomic E-state index is 5.84. The van der Waals surface area contributed by atoms with E-state index in [4.69, 9.17) is 9.47 Å². The largest absolute Gasteiger partial charge is 0.493 e. The van der Waals surface area contributed by atoms with Gasteiger partial charge in [-0.05, 0) is 31.5 Å². The molecule has 0 saturated heterocycles. The van der Waals surface area contributed by atoms with Crippen LogP contribution in [0.15, 0.2) is 24.5 Å². The number of rotatable bonds is 6. The van der Waals surface area contributed by atoms with Gasteiger partial charge in [-0.25, -0.2) is 9.67 Å². The van der Waals surface area contributed by atoms with Gasteiger partial charge in [0, 0.05) is 11.4 Å². The second kappa shape index (κ2) is 6.74. The van der Waals surface area contributed by atoms with Crippen LogP contribution < -0.4 is 9.47 Å². The molecule has 0 radical (unpaired) electrons. The number of alkyl halides is 1. The van der Waals surface area contributed by atoms with E-state index in [-0.39, 0.29) is 6.04 Å². The van der Waals surface area contributed by atoms with Gasteiger partial charge in [-0.1, -0.05) is 22.0 Å². The lowest BCUT2D eigenvalue weighted by Crippen LogP contribution is -2.11. The molecule has 0 aliphatic rings. The first-order valence-electron chi connectivity index (χ1n) is 6.39. The molecule has 0 aliphatic heterocycles. The van der Waals surface area contributed by atoms with E-state index in [1.54, 1.807) is 13.4 Å². The van der Waals surface area contributed by atoms with E-state index >= 15 is 0 Å². The average molecular weight is 340 g/mol. The third kappa shape index (κ3) is 3.30. The molecule has 2 rings (SSSR count). The van der Waals surface area contributed by atoms with E-state index < -0.39 is 0 Å². The molecule has 1 aromatic heterocycles. The van der Waals surface area contributed by atoms with Crippen LogP contribution in [-0.4, -0.2) is 21.9 Å². The maximum absolute atomic E-state index is 5.84. The lowest BCUT2D eigenvalue weighted by Gasteiger charge is -2.13. The van der Waals surface area contributed by atoms with E-state index in [2.05, 4.69) is 39.9 Å². The van der Waals surface area contributed by atoms with Gasteiger partial charge in [0.2, 0.25) is 0 Å². The van der Waals surface area contributed by atoms with Crippen molar-refractivity contribution in [3.05, 3.63) is 35.9 Å². The van der Waals surface area contributed by atoms with Gasteiger partial charge in [0.1, 0.15) is 12.9 Å². The van der Waals surface area contributed by atoms with Gasteiger partial charge in [0.05, 0.1) is 7.11 Å². The van der Waals surface area contributed by atoms with Crippen molar-refractivity contribution in [2.75, 3.05) is 7.11 Å². The molecule has 0 fully saturated rings. The van der Waals surface area contributed by atoms with Crippen molar-refractivity contribution in [1.29, 1.82) is 0 Å². The van der Waals surface area contributed by atoms with Gasteiger partial charge in [-0.15, -0.1) is 0 Å². The van der Waals surface area contributed by atoms with E-state index in [0.717, 1.165) is 16.7 Å². The molecule has 0 unspecified atom stereocenters. The summed E-state index contributed by atoms with van der Waals surface area (Å²) in [6, 6.07) is 6.12. The van der Waals surface area contributed by atoms with Crippen LogP contribution in [0.4, 0.5) is 0 Å². The average Bonchev–Trinajstić information content (AvgIpc) is 2.93. The summed E-state index contributed by atoms with van der Waals surface area (Å²) in [5, 5.41) is 4.96. The summed E-state index contributed by atoms with van der Waals surface area (Å²) in [5.41, 5.74) is 1.13. The maximum Gasteiger partial charge on any atom is 0.165 e. The van der Waals surface area contributed by atoms with Gasteiger partial charge in [-0.3, -0.25) is 0 Å². The van der Waals surface area contributed by atoms with E-state index in [1.807, 2.05) is 22.9 Å². The highest BCUT2D eigenvalue weighted by Gasteiger charge is 2.11. The predicted octanol–water partition coefficient (Wildman–Crippen LogP) is 3.34. The normalized spacial score (nSPS) is 10.8. The lowest BCUT2D eigenvalue weighted by molar-refractivity contribution is 0.266. The first-order valence-corrected chi connectivity index (χ1v) is 7.52. The zero-order valence-corrected chi connectivity index (χ0v) is 13.4. The Labute approximate surface area is 127 Å². The van der Waals surface area contributed by atoms with Crippen molar-refractivity contribution in [1.82, 2.24) is 14.8 Å². The van der Waals surface area contributed by atoms with Crippen LogP contribution >= 0.6 is 15.9 Å². The highest BCUT2D eigenvalue weighted by molar-refractivity contribution is 9.08. The van der Waals surface area contributed by atoms with Crippen LogP contribution in [0.3, 0.4) is 0 Å². The standard InChI is InChI=1S/C14H18BrN3O2/c1-10(2)18-14(16-9-17-18)8-20-13-6-11(7-15)4-5-12(13)19-3/h4-6,9-10H,7-8H2,1-3H3. The van der Waals surface area contributed by atoms with Crippen molar-refractivity contribution >= 4 is 15.9 Å². The quantitative estimate of drug-likeness (QED) is 0.757. The topological polar surface area (TPSA) is 49.2 Å². The summed E-state index contributed by atoms with van der Waals surface area (Å²) in [4.78, 5) is 4.23. The SMILES string of the molecule is COc1ccc(CBr)cc1OCc1ncnn1C(C)C. The Morgan fingerprint density at radius 3 is 2.75 bits per heavy atom. The number of hydrogen-bond donors (Lipinski definition) is 0. The van der Waals surface area contributed by atoms with Crippen molar-refractivity contribution in [3.8, 4) is 11.5 Å². The first-order chi connectivity index (χ1) is 9.65. The predicted molar refractivity (Wildman–Crippen MR) is 80.4 cm³/mol. The molecule has 108 valence electrons. The van der Waals surface area contributed by atoms with E-state index in [9.17, 15) is 0 Å². The minimum Gasteiger partial charge on any atom is -0.493 e. The van der Waals surface area contributed by atoms with Gasteiger partial charge in [-0.2, -0.15) is 5.10 Å². The number of ether oxygens (including phenoxy) is 2. The zero-order chi connectivity index (χ0) is 14.5. The first kappa shape index (κ1) is 14.8. The summed E-state index contributed by atoms with van der Waals surface area (Å²) in [7, 11) is 1.63. The van der Waals surface area contributed by atoms with Crippen LogP contribution in [0.2, 0.25) is 0 Å². The van der Waals surface area contributed by atoms with E-state index in [0.29, 0.717) is 18.1 Å². The Morgan fingerprint density at radius 2 is 2.10 bits per heavy atom. The van der Waals surface area contributed by atoms with Crippen LogP contribution in [0, 0.1) is 0 Å². The molecule has 0 saturated carbocycles.